The summed E-state index contributed by atoms with van der Waals surface area (Å²) >= 11 is 0. The predicted octanol–water partition coefficient (Wildman–Crippen LogP) is 0.649. The Bertz CT molecular complexity index is 108. The molecule has 12 heavy (non-hydrogen) atoms. The van der Waals surface area contributed by atoms with E-state index in [0.29, 0.717) is 12.1 Å². The van der Waals surface area contributed by atoms with Gasteiger partial charge in [0.1, 0.15) is 0 Å². The molecule has 0 aliphatic rings. The van der Waals surface area contributed by atoms with E-state index in [4.69, 9.17) is 13.3 Å². The monoisotopic (exact) mass is 209 g/mol. The molecule has 73 valence electrons. The maximum atomic E-state index is 10.9. The molecule has 0 saturated heterocycles. The van der Waals surface area contributed by atoms with Gasteiger partial charge in [0.05, 0.1) is 0 Å². The Hall–Kier alpha value is 0.274. The van der Waals surface area contributed by atoms with Crippen molar-refractivity contribution < 1.29 is 18.1 Å². The first kappa shape index (κ1) is 12.3. The van der Waals surface area contributed by atoms with E-state index in [1.165, 1.54) is 0 Å². The molecule has 1 atom stereocenters. The van der Waals surface area contributed by atoms with Crippen molar-refractivity contribution >= 4 is 17.8 Å². The SMILES string of the molecule is CO[Si](CC[SiH](C)[O])(OC)OC. The van der Waals surface area contributed by atoms with Crippen LogP contribution in [0.15, 0.2) is 0 Å². The average molecular weight is 209 g/mol. The van der Waals surface area contributed by atoms with Gasteiger partial charge < -0.3 is 18.1 Å². The van der Waals surface area contributed by atoms with Gasteiger partial charge in [0.15, 0.2) is 0 Å². The van der Waals surface area contributed by atoms with Gasteiger partial charge in [-0.05, 0) is 12.6 Å². The van der Waals surface area contributed by atoms with Gasteiger partial charge >= 0.3 is 8.80 Å². The summed E-state index contributed by atoms with van der Waals surface area (Å²) in [6, 6.07) is 1.31. The van der Waals surface area contributed by atoms with Crippen LogP contribution in [0, 0.1) is 0 Å². The van der Waals surface area contributed by atoms with Gasteiger partial charge in [0, 0.05) is 27.4 Å². The van der Waals surface area contributed by atoms with Crippen LogP contribution in [0.25, 0.3) is 0 Å². The van der Waals surface area contributed by atoms with Crippen LogP contribution in [0.5, 0.6) is 0 Å². The first-order valence-corrected chi connectivity index (χ1v) is 8.29. The molecule has 0 fully saturated rings. The molecule has 0 aromatic rings. The van der Waals surface area contributed by atoms with Crippen LogP contribution < -0.4 is 0 Å². The Labute approximate surface area is 76.6 Å². The number of rotatable bonds is 6. The highest BCUT2D eigenvalue weighted by Crippen LogP contribution is 2.16. The van der Waals surface area contributed by atoms with Crippen molar-refractivity contribution in [1.29, 1.82) is 0 Å². The van der Waals surface area contributed by atoms with Crippen molar-refractivity contribution in [3.8, 4) is 0 Å². The minimum atomic E-state index is -2.45. The van der Waals surface area contributed by atoms with Gasteiger partial charge in [-0.2, -0.15) is 0 Å². The molecule has 0 amide bonds. The van der Waals surface area contributed by atoms with E-state index in [0.717, 1.165) is 0 Å². The van der Waals surface area contributed by atoms with Gasteiger partial charge in [-0.1, -0.05) is 0 Å². The molecule has 1 unspecified atom stereocenters. The molecule has 0 saturated carbocycles. The lowest BCUT2D eigenvalue weighted by Gasteiger charge is -2.24. The van der Waals surface area contributed by atoms with Gasteiger partial charge in [-0.25, -0.2) is 0 Å². The van der Waals surface area contributed by atoms with Crippen molar-refractivity contribution in [2.45, 2.75) is 18.6 Å². The van der Waals surface area contributed by atoms with E-state index in [1.54, 1.807) is 27.9 Å². The number of hydrogen-bond donors (Lipinski definition) is 0. The van der Waals surface area contributed by atoms with Crippen molar-refractivity contribution in [3.63, 3.8) is 0 Å². The highest BCUT2D eigenvalue weighted by Gasteiger charge is 2.37. The zero-order chi connectivity index (χ0) is 9.61. The average Bonchev–Trinajstić information content (AvgIpc) is 2.08. The lowest BCUT2D eigenvalue weighted by Crippen LogP contribution is -2.43. The first-order chi connectivity index (χ1) is 5.60. The third-order valence-corrected chi connectivity index (χ3v) is 6.24. The molecule has 0 bridgehead atoms. The molecule has 0 aromatic carbocycles. The van der Waals surface area contributed by atoms with E-state index in [9.17, 15) is 4.80 Å². The largest absolute Gasteiger partial charge is 0.499 e. The van der Waals surface area contributed by atoms with Crippen LogP contribution >= 0.6 is 0 Å². The first-order valence-electron chi connectivity index (χ1n) is 3.91. The minimum absolute atomic E-state index is 0.646. The maximum absolute atomic E-state index is 10.9. The van der Waals surface area contributed by atoms with Gasteiger partial charge in [0.2, 0.25) is 9.04 Å². The van der Waals surface area contributed by atoms with Crippen molar-refractivity contribution in [2.75, 3.05) is 21.3 Å². The van der Waals surface area contributed by atoms with Gasteiger partial charge in [0.25, 0.3) is 0 Å². The zero-order valence-electron chi connectivity index (χ0n) is 8.12. The quantitative estimate of drug-likeness (QED) is 0.603. The molecule has 6 heteroatoms. The maximum Gasteiger partial charge on any atom is 0.499 e. The van der Waals surface area contributed by atoms with Crippen molar-refractivity contribution in [3.05, 3.63) is 0 Å². The fourth-order valence-corrected chi connectivity index (χ4v) is 5.09. The van der Waals surface area contributed by atoms with Crippen LogP contribution in [0.3, 0.4) is 0 Å². The minimum Gasteiger partial charge on any atom is -0.377 e. The number of hydrogen-bond acceptors (Lipinski definition) is 3. The Morgan fingerprint density at radius 2 is 1.58 bits per heavy atom. The van der Waals surface area contributed by atoms with E-state index >= 15 is 0 Å². The molecule has 0 spiro atoms. The van der Waals surface area contributed by atoms with Crippen LogP contribution in [0.4, 0.5) is 0 Å². The van der Waals surface area contributed by atoms with Crippen LogP contribution in [0.1, 0.15) is 0 Å². The third-order valence-electron chi connectivity index (χ3n) is 1.79. The summed E-state index contributed by atoms with van der Waals surface area (Å²) in [5, 5.41) is 0. The summed E-state index contributed by atoms with van der Waals surface area (Å²) in [5.74, 6) is 0. The summed E-state index contributed by atoms with van der Waals surface area (Å²) in [6.07, 6.45) is 0. The Morgan fingerprint density at radius 1 is 1.17 bits per heavy atom. The Balaban J connectivity index is 3.93. The molecule has 4 nitrogen and oxygen atoms in total. The smallest absolute Gasteiger partial charge is 0.377 e. The van der Waals surface area contributed by atoms with Crippen LogP contribution in [-0.2, 0) is 18.1 Å². The standard InChI is InChI=1S/C6H17O4Si2/c1-8-12(9-2,10-3)6-5-11(4)7/h11H,5-6H2,1-4H3. The molecule has 0 rings (SSSR count). The topological polar surface area (TPSA) is 47.6 Å². The molecule has 0 aliphatic heterocycles. The highest BCUT2D eigenvalue weighted by atomic mass is 28.4. The fraction of sp³-hybridized carbons (Fsp3) is 1.00. The molecule has 1 radical (unpaired) electrons. The van der Waals surface area contributed by atoms with E-state index in [2.05, 4.69) is 0 Å². The zero-order valence-corrected chi connectivity index (χ0v) is 10.3. The van der Waals surface area contributed by atoms with E-state index in [-0.39, 0.29) is 0 Å². The van der Waals surface area contributed by atoms with Crippen LogP contribution in [0.2, 0.25) is 18.6 Å². The summed E-state index contributed by atoms with van der Waals surface area (Å²) in [7, 11) is 0.484. The lowest BCUT2D eigenvalue weighted by molar-refractivity contribution is 0.125. The molecule has 0 aliphatic carbocycles. The molecule has 0 aromatic heterocycles. The lowest BCUT2D eigenvalue weighted by atomic mass is 10.9. The van der Waals surface area contributed by atoms with Gasteiger partial charge in [-0.15, -0.1) is 0 Å². The second kappa shape index (κ2) is 5.84. The molecule has 0 N–H and O–H groups in total. The Morgan fingerprint density at radius 3 is 1.83 bits per heavy atom. The molecule has 0 heterocycles. The summed E-state index contributed by atoms with van der Waals surface area (Å²) in [5.41, 5.74) is 0. The fourth-order valence-electron chi connectivity index (χ4n) is 0.936. The normalized spacial score (nSPS) is 14.8. The van der Waals surface area contributed by atoms with Crippen LogP contribution in [-0.4, -0.2) is 39.2 Å². The van der Waals surface area contributed by atoms with E-state index < -0.39 is 17.8 Å². The van der Waals surface area contributed by atoms with E-state index in [1.807, 2.05) is 0 Å². The highest BCUT2D eigenvalue weighted by molar-refractivity contribution is 6.63. The summed E-state index contributed by atoms with van der Waals surface area (Å²) in [4.78, 5) is 10.9. The van der Waals surface area contributed by atoms with Gasteiger partial charge in [-0.3, -0.25) is 0 Å². The molecular formula is C6H17O4Si2. The second-order valence-electron chi connectivity index (χ2n) is 2.64. The summed E-state index contributed by atoms with van der Waals surface area (Å²) < 4.78 is 15.5. The third kappa shape index (κ3) is 3.79. The molecular weight excluding hydrogens is 192 g/mol. The second-order valence-corrected chi connectivity index (χ2v) is 7.93. The predicted molar refractivity (Wildman–Crippen MR) is 50.1 cm³/mol. The van der Waals surface area contributed by atoms with Crippen molar-refractivity contribution in [2.24, 2.45) is 0 Å². The summed E-state index contributed by atoms with van der Waals surface area (Å²) in [6.45, 7) is 1.76. The Kier molecular flexibility index (Phi) is 5.97. The van der Waals surface area contributed by atoms with Crippen molar-refractivity contribution in [1.82, 2.24) is 0 Å².